The first-order valence-electron chi connectivity index (χ1n) is 9.00. The summed E-state index contributed by atoms with van der Waals surface area (Å²) >= 11 is 1.25. The summed E-state index contributed by atoms with van der Waals surface area (Å²) in [5.41, 5.74) is 0.162. The van der Waals surface area contributed by atoms with Crippen molar-refractivity contribution in [3.63, 3.8) is 0 Å². The molecule has 1 amide bonds. The predicted molar refractivity (Wildman–Crippen MR) is 108 cm³/mol. The van der Waals surface area contributed by atoms with Gasteiger partial charge in [-0.1, -0.05) is 30.3 Å². The molecule has 0 bridgehead atoms. The molecular weight excluding hydrogens is 417 g/mol. The van der Waals surface area contributed by atoms with Crippen molar-refractivity contribution in [3.8, 4) is 16.3 Å². The second-order valence-corrected chi connectivity index (χ2v) is 7.08. The zero-order valence-corrected chi connectivity index (χ0v) is 16.8. The summed E-state index contributed by atoms with van der Waals surface area (Å²) in [5, 5.41) is 4.84. The Bertz CT molecular complexity index is 1000. The molecule has 0 radical (unpaired) electrons. The normalized spacial score (nSPS) is 11.3. The number of hydrogen-bond donors (Lipinski definition) is 1. The smallest absolute Gasteiger partial charge is 0.416 e. The number of para-hydroxylation sites is 1. The van der Waals surface area contributed by atoms with Crippen LogP contribution in [0.5, 0.6) is 5.75 Å². The van der Waals surface area contributed by atoms with Crippen LogP contribution in [0.4, 0.5) is 13.2 Å². The molecule has 1 N–H and O–H groups in total. The van der Waals surface area contributed by atoms with E-state index < -0.39 is 11.7 Å². The molecule has 0 fully saturated rings. The molecule has 9 heteroatoms. The van der Waals surface area contributed by atoms with Crippen LogP contribution in [0, 0.1) is 0 Å². The van der Waals surface area contributed by atoms with Gasteiger partial charge in [0.1, 0.15) is 23.1 Å². The quantitative estimate of drug-likeness (QED) is 0.516. The van der Waals surface area contributed by atoms with Crippen LogP contribution < -0.4 is 10.1 Å². The van der Waals surface area contributed by atoms with Crippen molar-refractivity contribution >= 4 is 17.2 Å². The number of carbonyl (C=O) groups excluding carboxylic acids is 1. The van der Waals surface area contributed by atoms with Gasteiger partial charge in [-0.15, -0.1) is 11.3 Å². The molecule has 0 aliphatic carbocycles. The van der Waals surface area contributed by atoms with Gasteiger partial charge in [-0.2, -0.15) is 13.2 Å². The number of thiazole rings is 1. The van der Waals surface area contributed by atoms with Crippen molar-refractivity contribution in [3.05, 3.63) is 70.7 Å². The lowest BCUT2D eigenvalue weighted by molar-refractivity contribution is -0.138. The van der Waals surface area contributed by atoms with Gasteiger partial charge < -0.3 is 14.8 Å². The summed E-state index contributed by atoms with van der Waals surface area (Å²) in [7, 11) is 1.54. The first-order chi connectivity index (χ1) is 14.4. The van der Waals surface area contributed by atoms with Crippen molar-refractivity contribution in [1.82, 2.24) is 10.3 Å². The van der Waals surface area contributed by atoms with Crippen LogP contribution in [0.3, 0.4) is 0 Å². The molecule has 0 spiro atoms. The molecule has 30 heavy (non-hydrogen) atoms. The van der Waals surface area contributed by atoms with Crippen LogP contribution in [0.2, 0.25) is 0 Å². The Morgan fingerprint density at radius 1 is 1.13 bits per heavy atom. The molecule has 0 aliphatic rings. The number of hydrogen-bond acceptors (Lipinski definition) is 5. The van der Waals surface area contributed by atoms with E-state index in [1.165, 1.54) is 36.6 Å². The summed E-state index contributed by atoms with van der Waals surface area (Å²) in [6.45, 7) is 0.502. The predicted octanol–water partition coefficient (Wildman–Crippen LogP) is 4.78. The van der Waals surface area contributed by atoms with Gasteiger partial charge in [-0.3, -0.25) is 4.79 Å². The number of ether oxygens (including phenoxy) is 2. The zero-order chi connectivity index (χ0) is 21.6. The van der Waals surface area contributed by atoms with E-state index in [-0.39, 0.29) is 23.8 Å². The Morgan fingerprint density at radius 2 is 1.87 bits per heavy atom. The van der Waals surface area contributed by atoms with Gasteiger partial charge >= 0.3 is 6.18 Å². The number of alkyl halides is 3. The lowest BCUT2D eigenvalue weighted by Gasteiger charge is -2.14. The zero-order valence-electron chi connectivity index (χ0n) is 16.0. The maximum Gasteiger partial charge on any atom is 0.416 e. The molecule has 158 valence electrons. The number of benzene rings is 2. The molecule has 2 aromatic carbocycles. The maximum absolute atomic E-state index is 13.2. The third kappa shape index (κ3) is 5.37. The summed E-state index contributed by atoms with van der Waals surface area (Å²) in [4.78, 5) is 16.5. The number of amides is 1. The Morgan fingerprint density at radius 3 is 2.63 bits per heavy atom. The minimum atomic E-state index is -4.46. The van der Waals surface area contributed by atoms with Crippen LogP contribution in [0.25, 0.3) is 10.6 Å². The largest absolute Gasteiger partial charge is 0.488 e. The molecule has 5 nitrogen and oxygen atoms in total. The summed E-state index contributed by atoms with van der Waals surface area (Å²) in [6.07, 6.45) is -4.46. The van der Waals surface area contributed by atoms with Gasteiger partial charge in [-0.25, -0.2) is 4.98 Å². The van der Waals surface area contributed by atoms with Crippen molar-refractivity contribution in [2.45, 2.75) is 12.8 Å². The number of rotatable bonds is 8. The van der Waals surface area contributed by atoms with Gasteiger partial charge in [0, 0.05) is 24.6 Å². The number of halogens is 3. The number of carbonyl (C=O) groups is 1. The molecule has 3 rings (SSSR count). The van der Waals surface area contributed by atoms with Gasteiger partial charge in [0.05, 0.1) is 17.7 Å². The third-order valence-electron chi connectivity index (χ3n) is 4.15. The second-order valence-electron chi connectivity index (χ2n) is 6.23. The van der Waals surface area contributed by atoms with Crippen molar-refractivity contribution in [1.29, 1.82) is 0 Å². The van der Waals surface area contributed by atoms with Gasteiger partial charge in [0.15, 0.2) is 0 Å². The first kappa shape index (κ1) is 21.8. The molecule has 1 aromatic heterocycles. The van der Waals surface area contributed by atoms with E-state index in [9.17, 15) is 18.0 Å². The van der Waals surface area contributed by atoms with Gasteiger partial charge in [0.25, 0.3) is 5.91 Å². The summed E-state index contributed by atoms with van der Waals surface area (Å²) in [6, 6.07) is 12.2. The lowest BCUT2D eigenvalue weighted by Crippen LogP contribution is -2.27. The van der Waals surface area contributed by atoms with Crippen LogP contribution >= 0.6 is 11.3 Å². The Labute approximate surface area is 175 Å². The molecule has 0 atom stereocenters. The van der Waals surface area contributed by atoms with E-state index in [2.05, 4.69) is 10.3 Å². The molecule has 1 heterocycles. The Kier molecular flexibility index (Phi) is 7.07. The SMILES string of the molecule is COCCNC(=O)c1csc(-c2ccccc2OCc2ccccc2C(F)(F)F)n1. The van der Waals surface area contributed by atoms with Gasteiger partial charge in [0.2, 0.25) is 0 Å². The molecule has 0 saturated heterocycles. The van der Waals surface area contributed by atoms with Crippen LogP contribution in [0.1, 0.15) is 21.6 Å². The third-order valence-corrected chi connectivity index (χ3v) is 5.03. The Balaban J connectivity index is 1.77. The molecule has 3 aromatic rings. The van der Waals surface area contributed by atoms with Crippen LogP contribution in [-0.2, 0) is 17.5 Å². The van der Waals surface area contributed by atoms with Crippen molar-refractivity contribution < 1.29 is 27.4 Å². The average Bonchev–Trinajstić information content (AvgIpc) is 3.22. The molecule has 0 unspecified atom stereocenters. The highest BCUT2D eigenvalue weighted by molar-refractivity contribution is 7.13. The first-order valence-corrected chi connectivity index (χ1v) is 9.88. The minimum absolute atomic E-state index is 0.0390. The monoisotopic (exact) mass is 436 g/mol. The van der Waals surface area contributed by atoms with Crippen molar-refractivity contribution in [2.75, 3.05) is 20.3 Å². The second kappa shape index (κ2) is 9.73. The lowest BCUT2D eigenvalue weighted by atomic mass is 10.1. The minimum Gasteiger partial charge on any atom is -0.488 e. The van der Waals surface area contributed by atoms with E-state index in [4.69, 9.17) is 9.47 Å². The highest BCUT2D eigenvalue weighted by atomic mass is 32.1. The maximum atomic E-state index is 13.2. The topological polar surface area (TPSA) is 60.5 Å². The number of nitrogens with zero attached hydrogens (tertiary/aromatic N) is 1. The van der Waals surface area contributed by atoms with Gasteiger partial charge in [-0.05, 0) is 18.2 Å². The van der Waals surface area contributed by atoms with Crippen LogP contribution in [0.15, 0.2) is 53.9 Å². The highest BCUT2D eigenvalue weighted by Crippen LogP contribution is 2.35. The number of aromatic nitrogens is 1. The molecule has 0 saturated carbocycles. The van der Waals surface area contributed by atoms with E-state index in [0.29, 0.717) is 29.5 Å². The molecule has 0 aliphatic heterocycles. The summed E-state index contributed by atoms with van der Waals surface area (Å²) in [5.74, 6) is 0.0576. The Hall–Kier alpha value is -2.91. The number of methoxy groups -OCH3 is 1. The molecular formula is C21H19F3N2O3S. The standard InChI is InChI=1S/C21H19F3N2O3S/c1-28-11-10-25-19(27)17-13-30-20(26-17)15-7-3-5-9-18(15)29-12-14-6-2-4-8-16(14)21(22,23)24/h2-9,13H,10-12H2,1H3,(H,25,27). The van der Waals surface area contributed by atoms with Crippen molar-refractivity contribution in [2.24, 2.45) is 0 Å². The highest BCUT2D eigenvalue weighted by Gasteiger charge is 2.33. The fraction of sp³-hybridized carbons (Fsp3) is 0.238. The van der Waals surface area contributed by atoms with E-state index >= 15 is 0 Å². The average molecular weight is 436 g/mol. The van der Waals surface area contributed by atoms with E-state index in [1.807, 2.05) is 0 Å². The fourth-order valence-corrected chi connectivity index (χ4v) is 3.54. The number of nitrogens with one attached hydrogen (secondary N) is 1. The van der Waals surface area contributed by atoms with E-state index in [0.717, 1.165) is 6.07 Å². The summed E-state index contributed by atoms with van der Waals surface area (Å²) < 4.78 is 50.2. The fourth-order valence-electron chi connectivity index (χ4n) is 2.71. The van der Waals surface area contributed by atoms with E-state index in [1.54, 1.807) is 29.6 Å². The van der Waals surface area contributed by atoms with Crippen LogP contribution in [-0.4, -0.2) is 31.2 Å².